The molecule has 164 valence electrons. The molecule has 1 N–H and O–H groups in total. The van der Waals surface area contributed by atoms with Crippen molar-refractivity contribution in [2.24, 2.45) is 0 Å². The third-order valence-corrected chi connectivity index (χ3v) is 4.45. The van der Waals surface area contributed by atoms with Crippen LogP contribution in [0.3, 0.4) is 0 Å². The minimum absolute atomic E-state index is 0.214. The lowest BCUT2D eigenvalue weighted by atomic mass is 10.1. The van der Waals surface area contributed by atoms with Gasteiger partial charge < -0.3 is 14.8 Å². The van der Waals surface area contributed by atoms with E-state index in [0.29, 0.717) is 31.4 Å². The lowest BCUT2D eigenvalue weighted by Crippen LogP contribution is -2.14. The number of nitrogens with zero attached hydrogens (tertiary/aromatic N) is 3. The van der Waals surface area contributed by atoms with E-state index in [1.165, 1.54) is 0 Å². The van der Waals surface area contributed by atoms with Gasteiger partial charge in [-0.25, -0.2) is 14.8 Å². The number of aromatic nitrogens is 3. The van der Waals surface area contributed by atoms with Crippen molar-refractivity contribution >= 4 is 11.9 Å². The first kappa shape index (κ1) is 22.9. The molecule has 2 heterocycles. The van der Waals surface area contributed by atoms with Crippen LogP contribution in [-0.4, -0.2) is 47.8 Å². The molecule has 0 aliphatic rings. The van der Waals surface area contributed by atoms with E-state index in [1.54, 1.807) is 25.6 Å². The molecule has 2 aromatic heterocycles. The second-order valence-electron chi connectivity index (χ2n) is 6.94. The molecule has 7 heteroatoms. The van der Waals surface area contributed by atoms with Gasteiger partial charge in [0.05, 0.1) is 18.9 Å². The van der Waals surface area contributed by atoms with Gasteiger partial charge >= 0.3 is 5.97 Å². The van der Waals surface area contributed by atoms with Crippen LogP contribution in [0.1, 0.15) is 41.4 Å². The standard InChI is InChI=1S/C25H26N4O3/c1-3-4-15-32-24(30)23-17-22(28-25(29-23)27-14-16-31-2)21-11-9-19(10-12-21)7-8-20-6-5-13-26-18-20/h5-6,9-13,17-18H,3-4,14-16H2,1-2H3,(H,27,28,29). The molecule has 0 aliphatic carbocycles. The van der Waals surface area contributed by atoms with Crippen molar-refractivity contribution < 1.29 is 14.3 Å². The van der Waals surface area contributed by atoms with Crippen LogP contribution < -0.4 is 5.32 Å². The Bertz CT molecular complexity index is 1070. The Hall–Kier alpha value is -3.76. The summed E-state index contributed by atoms with van der Waals surface area (Å²) >= 11 is 0. The molecule has 0 fully saturated rings. The summed E-state index contributed by atoms with van der Waals surface area (Å²) in [4.78, 5) is 25.4. The van der Waals surface area contributed by atoms with Gasteiger partial charge in [0, 0.05) is 42.7 Å². The molecule has 0 unspecified atom stereocenters. The van der Waals surface area contributed by atoms with Crippen LogP contribution >= 0.6 is 0 Å². The molecule has 0 saturated heterocycles. The van der Waals surface area contributed by atoms with Gasteiger partial charge in [-0.05, 0) is 36.8 Å². The van der Waals surface area contributed by atoms with Crippen molar-refractivity contribution in [2.45, 2.75) is 19.8 Å². The van der Waals surface area contributed by atoms with Crippen molar-refractivity contribution in [3.05, 3.63) is 71.7 Å². The summed E-state index contributed by atoms with van der Waals surface area (Å²) in [6.07, 6.45) is 5.20. The molecule has 0 atom stereocenters. The molecule has 0 radical (unpaired) electrons. The van der Waals surface area contributed by atoms with Gasteiger partial charge in [-0.1, -0.05) is 37.3 Å². The molecule has 7 nitrogen and oxygen atoms in total. The van der Waals surface area contributed by atoms with Gasteiger partial charge in [0.2, 0.25) is 5.95 Å². The lowest BCUT2D eigenvalue weighted by Gasteiger charge is -2.10. The van der Waals surface area contributed by atoms with E-state index in [0.717, 1.165) is 29.5 Å². The number of esters is 1. The highest BCUT2D eigenvalue weighted by Crippen LogP contribution is 2.20. The van der Waals surface area contributed by atoms with Gasteiger partial charge in [0.25, 0.3) is 0 Å². The third kappa shape index (κ3) is 6.89. The molecule has 0 saturated carbocycles. The van der Waals surface area contributed by atoms with Crippen LogP contribution in [0, 0.1) is 11.8 Å². The van der Waals surface area contributed by atoms with E-state index in [2.05, 4.69) is 32.1 Å². The maximum atomic E-state index is 12.5. The number of hydrogen-bond donors (Lipinski definition) is 1. The highest BCUT2D eigenvalue weighted by molar-refractivity contribution is 5.89. The number of anilines is 1. The predicted octanol–water partition coefficient (Wildman–Crippen LogP) is 3.95. The molecular weight excluding hydrogens is 404 g/mol. The van der Waals surface area contributed by atoms with E-state index in [4.69, 9.17) is 9.47 Å². The van der Waals surface area contributed by atoms with Crippen molar-refractivity contribution in [1.82, 2.24) is 15.0 Å². The fourth-order valence-electron chi connectivity index (χ4n) is 2.73. The lowest BCUT2D eigenvalue weighted by molar-refractivity contribution is 0.0493. The minimum Gasteiger partial charge on any atom is -0.461 e. The smallest absolute Gasteiger partial charge is 0.357 e. The average Bonchev–Trinajstić information content (AvgIpc) is 2.84. The number of rotatable bonds is 9. The maximum Gasteiger partial charge on any atom is 0.357 e. The molecule has 0 amide bonds. The number of hydrogen-bond acceptors (Lipinski definition) is 7. The molecular formula is C25H26N4O3. The highest BCUT2D eigenvalue weighted by atomic mass is 16.5. The van der Waals surface area contributed by atoms with E-state index in [-0.39, 0.29) is 5.69 Å². The fraction of sp³-hybridized carbons (Fsp3) is 0.280. The summed E-state index contributed by atoms with van der Waals surface area (Å²) in [7, 11) is 1.62. The molecule has 0 aliphatic heterocycles. The van der Waals surface area contributed by atoms with E-state index in [9.17, 15) is 4.79 Å². The first-order chi connectivity index (χ1) is 15.7. The Morgan fingerprint density at radius 3 is 2.59 bits per heavy atom. The minimum atomic E-state index is -0.462. The first-order valence-electron chi connectivity index (χ1n) is 10.5. The fourth-order valence-corrected chi connectivity index (χ4v) is 2.73. The first-order valence-corrected chi connectivity index (χ1v) is 10.5. The molecule has 1 aromatic carbocycles. The summed E-state index contributed by atoms with van der Waals surface area (Å²) in [5, 5.41) is 3.08. The Morgan fingerprint density at radius 1 is 1.06 bits per heavy atom. The second kappa shape index (κ2) is 12.2. The Balaban J connectivity index is 1.82. The Kier molecular flexibility index (Phi) is 8.72. The maximum absolute atomic E-state index is 12.5. The number of unbranched alkanes of at least 4 members (excludes halogenated alkanes) is 1. The number of methoxy groups -OCH3 is 1. The number of benzene rings is 1. The van der Waals surface area contributed by atoms with Crippen LogP contribution in [0.25, 0.3) is 11.3 Å². The number of carbonyl (C=O) groups excluding carboxylic acids is 1. The number of ether oxygens (including phenoxy) is 2. The topological polar surface area (TPSA) is 86.2 Å². The van der Waals surface area contributed by atoms with Gasteiger partial charge in [-0.3, -0.25) is 4.98 Å². The van der Waals surface area contributed by atoms with Gasteiger partial charge in [0.15, 0.2) is 5.69 Å². The summed E-state index contributed by atoms with van der Waals surface area (Å²) in [5.41, 5.74) is 3.40. The molecule has 0 bridgehead atoms. The Labute approximate surface area is 188 Å². The molecule has 0 spiro atoms. The van der Waals surface area contributed by atoms with Crippen molar-refractivity contribution in [2.75, 3.05) is 32.2 Å². The second-order valence-corrected chi connectivity index (χ2v) is 6.94. The van der Waals surface area contributed by atoms with Gasteiger partial charge in [-0.2, -0.15) is 0 Å². The van der Waals surface area contributed by atoms with Gasteiger partial charge in [0.1, 0.15) is 0 Å². The zero-order chi connectivity index (χ0) is 22.6. The van der Waals surface area contributed by atoms with E-state index < -0.39 is 5.97 Å². The van der Waals surface area contributed by atoms with E-state index in [1.807, 2.05) is 43.3 Å². The van der Waals surface area contributed by atoms with Crippen molar-refractivity contribution in [3.8, 4) is 23.1 Å². The molecule has 3 aromatic rings. The van der Waals surface area contributed by atoms with Crippen LogP contribution in [0.4, 0.5) is 5.95 Å². The zero-order valence-corrected chi connectivity index (χ0v) is 18.3. The zero-order valence-electron chi connectivity index (χ0n) is 18.3. The SMILES string of the molecule is CCCCOC(=O)c1cc(-c2ccc(C#Cc3cccnc3)cc2)nc(NCCOC)n1. The number of pyridine rings is 1. The van der Waals surface area contributed by atoms with E-state index >= 15 is 0 Å². The van der Waals surface area contributed by atoms with Gasteiger partial charge in [-0.15, -0.1) is 0 Å². The van der Waals surface area contributed by atoms with Crippen LogP contribution in [0.5, 0.6) is 0 Å². The summed E-state index contributed by atoms with van der Waals surface area (Å²) in [5.74, 6) is 6.09. The van der Waals surface area contributed by atoms with Crippen molar-refractivity contribution in [3.63, 3.8) is 0 Å². The normalized spacial score (nSPS) is 10.2. The summed E-state index contributed by atoms with van der Waals surface area (Å²) in [6.45, 7) is 3.42. The quantitative estimate of drug-likeness (QED) is 0.312. The van der Waals surface area contributed by atoms with Crippen LogP contribution in [0.2, 0.25) is 0 Å². The van der Waals surface area contributed by atoms with Crippen molar-refractivity contribution in [1.29, 1.82) is 0 Å². The summed E-state index contributed by atoms with van der Waals surface area (Å²) in [6, 6.07) is 13.1. The van der Waals surface area contributed by atoms with Crippen LogP contribution in [0.15, 0.2) is 54.9 Å². The summed E-state index contributed by atoms with van der Waals surface area (Å²) < 4.78 is 10.4. The highest BCUT2D eigenvalue weighted by Gasteiger charge is 2.14. The predicted molar refractivity (Wildman–Crippen MR) is 123 cm³/mol. The number of nitrogens with one attached hydrogen (secondary N) is 1. The monoisotopic (exact) mass is 430 g/mol. The Morgan fingerprint density at radius 2 is 1.88 bits per heavy atom. The molecule has 3 rings (SSSR count). The third-order valence-electron chi connectivity index (χ3n) is 4.45. The number of carbonyl (C=O) groups is 1. The largest absolute Gasteiger partial charge is 0.461 e. The average molecular weight is 431 g/mol. The molecule has 32 heavy (non-hydrogen) atoms. The van der Waals surface area contributed by atoms with Crippen LogP contribution in [-0.2, 0) is 9.47 Å².